The Bertz CT molecular complexity index is 1160. The molecule has 9 heteroatoms. The minimum Gasteiger partial charge on any atom is -0.496 e. The van der Waals surface area contributed by atoms with Gasteiger partial charge in [-0.05, 0) is 49.2 Å². The van der Waals surface area contributed by atoms with E-state index in [1.54, 1.807) is 24.6 Å². The predicted molar refractivity (Wildman–Crippen MR) is 115 cm³/mol. The number of methoxy groups -OCH3 is 1. The van der Waals surface area contributed by atoms with Crippen LogP contribution >= 0.6 is 11.3 Å². The third kappa shape index (κ3) is 5.24. The fourth-order valence-electron chi connectivity index (χ4n) is 2.64. The summed E-state index contributed by atoms with van der Waals surface area (Å²) in [6, 6.07) is 12.3. The Morgan fingerprint density at radius 3 is 2.63 bits per heavy atom. The molecule has 7 nitrogen and oxygen atoms in total. The van der Waals surface area contributed by atoms with E-state index >= 15 is 0 Å². The molecule has 1 heterocycles. The predicted octanol–water partition coefficient (Wildman–Crippen LogP) is 3.46. The minimum atomic E-state index is -3.80. The van der Waals surface area contributed by atoms with Crippen LogP contribution in [0.15, 0.2) is 52.7 Å². The zero-order valence-corrected chi connectivity index (χ0v) is 18.5. The lowest BCUT2D eigenvalue weighted by Crippen LogP contribution is -2.30. The second kappa shape index (κ2) is 9.38. The lowest BCUT2D eigenvalue weighted by atomic mass is 10.1. The number of nitrogens with one attached hydrogen (secondary N) is 1. The van der Waals surface area contributed by atoms with Gasteiger partial charge in [-0.25, -0.2) is 13.4 Å². The van der Waals surface area contributed by atoms with E-state index in [9.17, 15) is 13.2 Å². The number of ether oxygens (including phenoxy) is 2. The van der Waals surface area contributed by atoms with Crippen molar-refractivity contribution in [2.24, 2.45) is 0 Å². The van der Waals surface area contributed by atoms with Gasteiger partial charge in [-0.1, -0.05) is 18.2 Å². The number of carbonyl (C=O) groups is 1. The molecular formula is C21H22N2O5S2. The molecule has 1 N–H and O–H groups in total. The highest BCUT2D eigenvalue weighted by atomic mass is 32.2. The van der Waals surface area contributed by atoms with Crippen molar-refractivity contribution < 1.29 is 22.7 Å². The summed E-state index contributed by atoms with van der Waals surface area (Å²) in [7, 11) is -2.20. The first-order valence-corrected chi connectivity index (χ1v) is 11.5. The van der Waals surface area contributed by atoms with Crippen molar-refractivity contribution in [2.45, 2.75) is 25.3 Å². The van der Waals surface area contributed by atoms with Crippen molar-refractivity contribution in [1.82, 2.24) is 9.71 Å². The van der Waals surface area contributed by atoms with Crippen molar-refractivity contribution in [3.8, 4) is 16.3 Å². The molecule has 1 aromatic heterocycles. The molecular weight excluding hydrogens is 424 g/mol. The lowest BCUT2D eigenvalue weighted by molar-refractivity contribution is -0.143. The first-order chi connectivity index (χ1) is 14.3. The number of hydrogen-bond donors (Lipinski definition) is 1. The number of sulfonamides is 1. The third-order valence-electron chi connectivity index (χ3n) is 4.47. The molecule has 0 unspecified atom stereocenters. The van der Waals surface area contributed by atoms with Gasteiger partial charge in [0.25, 0.3) is 0 Å². The van der Waals surface area contributed by atoms with Crippen LogP contribution in [0.25, 0.3) is 10.6 Å². The molecule has 2 aromatic carbocycles. The van der Waals surface area contributed by atoms with E-state index in [-0.39, 0.29) is 11.5 Å². The van der Waals surface area contributed by atoms with Gasteiger partial charge in [0.1, 0.15) is 23.9 Å². The maximum Gasteiger partial charge on any atom is 0.321 e. The van der Waals surface area contributed by atoms with Crippen LogP contribution in [0.1, 0.15) is 16.8 Å². The molecule has 158 valence electrons. The monoisotopic (exact) mass is 446 g/mol. The molecule has 0 amide bonds. The Morgan fingerprint density at radius 1 is 1.13 bits per heavy atom. The summed E-state index contributed by atoms with van der Waals surface area (Å²) in [6.07, 6.45) is 0. The molecule has 0 saturated carbocycles. The van der Waals surface area contributed by atoms with Gasteiger partial charge in [-0.3, -0.25) is 4.79 Å². The molecule has 0 atom stereocenters. The van der Waals surface area contributed by atoms with Crippen LogP contribution in [0.5, 0.6) is 5.75 Å². The quantitative estimate of drug-likeness (QED) is 0.533. The minimum absolute atomic E-state index is 0.0458. The fourth-order valence-corrected chi connectivity index (χ4v) is 4.53. The molecule has 30 heavy (non-hydrogen) atoms. The lowest BCUT2D eigenvalue weighted by Gasteiger charge is -2.08. The first kappa shape index (κ1) is 21.9. The molecule has 0 spiro atoms. The molecule has 0 aliphatic carbocycles. The fraction of sp³-hybridized carbons (Fsp3) is 0.238. The molecule has 3 rings (SSSR count). The van der Waals surface area contributed by atoms with Crippen molar-refractivity contribution in [3.05, 3.63) is 64.7 Å². The van der Waals surface area contributed by atoms with E-state index in [0.29, 0.717) is 11.4 Å². The molecule has 0 saturated heterocycles. The zero-order chi connectivity index (χ0) is 21.7. The van der Waals surface area contributed by atoms with E-state index in [2.05, 4.69) is 9.71 Å². The molecule has 0 aliphatic heterocycles. The van der Waals surface area contributed by atoms with Gasteiger partial charge in [-0.2, -0.15) is 4.72 Å². The Kier molecular flexibility index (Phi) is 6.86. The normalized spacial score (nSPS) is 11.3. The molecule has 3 aromatic rings. The van der Waals surface area contributed by atoms with E-state index < -0.39 is 22.5 Å². The van der Waals surface area contributed by atoms with E-state index in [0.717, 1.165) is 21.7 Å². The van der Waals surface area contributed by atoms with Crippen molar-refractivity contribution >= 4 is 27.3 Å². The summed E-state index contributed by atoms with van der Waals surface area (Å²) in [5.41, 5.74) is 3.27. The van der Waals surface area contributed by atoms with Crippen molar-refractivity contribution in [3.63, 3.8) is 0 Å². The zero-order valence-electron chi connectivity index (χ0n) is 16.8. The molecule has 0 radical (unpaired) electrons. The Labute approximate surface area is 179 Å². The van der Waals surface area contributed by atoms with Crippen LogP contribution < -0.4 is 9.46 Å². The number of carbonyl (C=O) groups excluding carboxylic acids is 1. The van der Waals surface area contributed by atoms with E-state index in [4.69, 9.17) is 9.47 Å². The van der Waals surface area contributed by atoms with Gasteiger partial charge in [0.15, 0.2) is 0 Å². The van der Waals surface area contributed by atoms with Gasteiger partial charge in [0, 0.05) is 5.38 Å². The summed E-state index contributed by atoms with van der Waals surface area (Å²) >= 11 is 1.41. The topological polar surface area (TPSA) is 94.6 Å². The van der Waals surface area contributed by atoms with Crippen molar-refractivity contribution in [2.75, 3.05) is 13.7 Å². The van der Waals surface area contributed by atoms with Gasteiger partial charge in [-0.15, -0.1) is 11.3 Å². The Balaban J connectivity index is 1.56. The van der Waals surface area contributed by atoms with Gasteiger partial charge >= 0.3 is 5.97 Å². The van der Waals surface area contributed by atoms with Crippen LogP contribution in [0.4, 0.5) is 0 Å². The van der Waals surface area contributed by atoms with Crippen LogP contribution in [0.3, 0.4) is 0 Å². The van der Waals surface area contributed by atoms with Crippen molar-refractivity contribution in [1.29, 1.82) is 0 Å². The summed E-state index contributed by atoms with van der Waals surface area (Å²) in [4.78, 5) is 16.6. The van der Waals surface area contributed by atoms with E-state index in [1.807, 2.05) is 38.1 Å². The second-order valence-electron chi connectivity index (χ2n) is 6.58. The second-order valence-corrected chi connectivity index (χ2v) is 9.20. The molecule has 0 aliphatic rings. The standard InChI is InChI=1S/C21H22N2O5S2/c1-14-8-9-17(10-15(14)2)30(25,26)22-11-20(24)28-12-16-13-29-21(23-16)18-6-4-5-7-19(18)27-3/h4-10,13,22H,11-12H2,1-3H3. The van der Waals surface area contributed by atoms with Gasteiger partial charge in [0.2, 0.25) is 10.0 Å². The number of aromatic nitrogens is 1. The van der Waals surface area contributed by atoms with Crippen LogP contribution in [-0.4, -0.2) is 33.0 Å². The van der Waals surface area contributed by atoms with Gasteiger partial charge in [0.05, 0.1) is 23.3 Å². The number of esters is 1. The number of hydrogen-bond acceptors (Lipinski definition) is 7. The first-order valence-electron chi connectivity index (χ1n) is 9.10. The number of aryl methyl sites for hydroxylation is 2. The molecule has 0 bridgehead atoms. The SMILES string of the molecule is COc1ccccc1-c1nc(COC(=O)CNS(=O)(=O)c2ccc(C)c(C)c2)cs1. The highest BCUT2D eigenvalue weighted by Crippen LogP contribution is 2.31. The number of para-hydroxylation sites is 1. The van der Waals surface area contributed by atoms with Crippen LogP contribution in [0, 0.1) is 13.8 Å². The number of rotatable bonds is 8. The average Bonchev–Trinajstić information content (AvgIpc) is 3.21. The maximum atomic E-state index is 12.4. The highest BCUT2D eigenvalue weighted by Gasteiger charge is 2.17. The number of thiazole rings is 1. The Morgan fingerprint density at radius 2 is 1.90 bits per heavy atom. The third-order valence-corrected chi connectivity index (χ3v) is 6.79. The summed E-state index contributed by atoms with van der Waals surface area (Å²) in [5, 5.41) is 2.53. The number of nitrogens with zero attached hydrogens (tertiary/aromatic N) is 1. The Hall–Kier alpha value is -2.75. The largest absolute Gasteiger partial charge is 0.496 e. The van der Waals surface area contributed by atoms with Crippen LogP contribution in [-0.2, 0) is 26.2 Å². The smallest absolute Gasteiger partial charge is 0.321 e. The average molecular weight is 447 g/mol. The van der Waals surface area contributed by atoms with Crippen LogP contribution in [0.2, 0.25) is 0 Å². The summed E-state index contributed by atoms with van der Waals surface area (Å²) in [5.74, 6) is 0.0189. The van der Waals surface area contributed by atoms with E-state index in [1.165, 1.54) is 17.4 Å². The molecule has 0 fully saturated rings. The van der Waals surface area contributed by atoms with Gasteiger partial charge < -0.3 is 9.47 Å². The number of benzene rings is 2. The maximum absolute atomic E-state index is 12.4. The summed E-state index contributed by atoms with van der Waals surface area (Å²) in [6.45, 7) is 3.22. The summed E-state index contributed by atoms with van der Waals surface area (Å²) < 4.78 is 37.5. The highest BCUT2D eigenvalue weighted by molar-refractivity contribution is 7.89.